The molecular weight excluding hydrogens is 238 g/mol. The molecule has 16 heavy (non-hydrogen) atoms. The van der Waals surface area contributed by atoms with Crippen molar-refractivity contribution in [3.05, 3.63) is 21.3 Å². The fraction of sp³-hybridized carbons (Fsp3) is 0.692. The van der Waals surface area contributed by atoms with Gasteiger partial charge < -0.3 is 5.32 Å². The predicted molar refractivity (Wildman–Crippen MR) is 74.6 cm³/mol. The molecule has 0 fully saturated rings. The van der Waals surface area contributed by atoms with Crippen LogP contribution in [-0.4, -0.2) is 12.6 Å². The topological polar surface area (TPSA) is 12.0 Å². The van der Waals surface area contributed by atoms with Crippen molar-refractivity contribution >= 4 is 22.9 Å². The fourth-order valence-electron chi connectivity index (χ4n) is 1.71. The molecule has 0 aliphatic rings. The molecule has 0 atom stereocenters. The van der Waals surface area contributed by atoms with Gasteiger partial charge in [0.2, 0.25) is 0 Å². The predicted octanol–water partition coefficient (Wildman–Crippen LogP) is 4.36. The Morgan fingerprint density at radius 3 is 2.56 bits per heavy atom. The average Bonchev–Trinajstić information content (AvgIpc) is 2.48. The van der Waals surface area contributed by atoms with Gasteiger partial charge in [-0.05, 0) is 36.9 Å². The Morgan fingerprint density at radius 2 is 2.06 bits per heavy atom. The number of thiophene rings is 1. The zero-order chi connectivity index (χ0) is 12.2. The van der Waals surface area contributed by atoms with Crippen molar-refractivity contribution in [1.82, 2.24) is 5.32 Å². The van der Waals surface area contributed by atoms with Crippen LogP contribution < -0.4 is 5.32 Å². The average molecular weight is 260 g/mol. The summed E-state index contributed by atoms with van der Waals surface area (Å²) in [6.45, 7) is 10.1. The van der Waals surface area contributed by atoms with Crippen LogP contribution in [0.3, 0.4) is 0 Å². The first-order chi connectivity index (χ1) is 7.39. The van der Waals surface area contributed by atoms with Crippen molar-refractivity contribution in [2.24, 2.45) is 5.41 Å². The molecule has 0 saturated heterocycles. The van der Waals surface area contributed by atoms with E-state index in [1.54, 1.807) is 11.3 Å². The van der Waals surface area contributed by atoms with Gasteiger partial charge in [0.05, 0.1) is 4.34 Å². The van der Waals surface area contributed by atoms with E-state index in [9.17, 15) is 0 Å². The van der Waals surface area contributed by atoms with Gasteiger partial charge in [-0.1, -0.05) is 39.3 Å². The number of rotatable bonds is 6. The van der Waals surface area contributed by atoms with Gasteiger partial charge in [0.15, 0.2) is 0 Å². The lowest BCUT2D eigenvalue weighted by Crippen LogP contribution is -2.28. The van der Waals surface area contributed by atoms with Crippen LogP contribution in [0.15, 0.2) is 12.1 Å². The highest BCUT2D eigenvalue weighted by molar-refractivity contribution is 7.16. The van der Waals surface area contributed by atoms with Crippen molar-refractivity contribution in [3.8, 4) is 0 Å². The first kappa shape index (κ1) is 14.0. The maximum atomic E-state index is 5.94. The number of nitrogens with one attached hydrogen (secondary N) is 1. The molecule has 92 valence electrons. The van der Waals surface area contributed by atoms with Gasteiger partial charge in [0.25, 0.3) is 0 Å². The summed E-state index contributed by atoms with van der Waals surface area (Å²) in [5.41, 5.74) is 0.343. The van der Waals surface area contributed by atoms with Gasteiger partial charge in [0.1, 0.15) is 0 Å². The molecule has 3 heteroatoms. The molecule has 0 amide bonds. The molecule has 1 aromatic heterocycles. The van der Waals surface area contributed by atoms with Crippen LogP contribution in [0.1, 0.15) is 39.0 Å². The van der Waals surface area contributed by atoms with Crippen LogP contribution in [-0.2, 0) is 6.42 Å². The van der Waals surface area contributed by atoms with Crippen molar-refractivity contribution in [2.45, 2.75) is 46.6 Å². The Kier molecular flexibility index (Phi) is 5.29. The van der Waals surface area contributed by atoms with Crippen LogP contribution in [0.5, 0.6) is 0 Å². The summed E-state index contributed by atoms with van der Waals surface area (Å²) in [6, 6.07) is 4.71. The van der Waals surface area contributed by atoms with Gasteiger partial charge in [-0.3, -0.25) is 0 Å². The van der Waals surface area contributed by atoms with Gasteiger partial charge >= 0.3 is 0 Å². The molecule has 0 aromatic carbocycles. The molecule has 0 spiro atoms. The Bertz CT molecular complexity index is 317. The minimum atomic E-state index is 0.343. The highest BCUT2D eigenvalue weighted by Crippen LogP contribution is 2.30. The highest BCUT2D eigenvalue weighted by atomic mass is 35.5. The molecule has 1 nitrogen and oxygen atoms in total. The molecule has 1 heterocycles. The van der Waals surface area contributed by atoms with E-state index in [1.807, 2.05) is 6.07 Å². The normalized spacial score (nSPS) is 12.4. The first-order valence-electron chi connectivity index (χ1n) is 5.87. The van der Waals surface area contributed by atoms with Crippen LogP contribution >= 0.6 is 22.9 Å². The zero-order valence-electron chi connectivity index (χ0n) is 10.6. The van der Waals surface area contributed by atoms with Crippen LogP contribution in [0.4, 0.5) is 0 Å². The number of hydrogen-bond acceptors (Lipinski definition) is 2. The molecule has 0 radical (unpaired) electrons. The third kappa shape index (κ3) is 5.33. The monoisotopic (exact) mass is 259 g/mol. The molecule has 0 unspecified atom stereocenters. The molecule has 0 saturated carbocycles. The van der Waals surface area contributed by atoms with E-state index in [1.165, 1.54) is 11.3 Å². The third-order valence-corrected chi connectivity index (χ3v) is 3.87. The molecule has 1 rings (SSSR count). The lowest BCUT2D eigenvalue weighted by molar-refractivity contribution is 0.323. The van der Waals surface area contributed by atoms with E-state index in [-0.39, 0.29) is 0 Å². The Hall–Kier alpha value is -0.0500. The van der Waals surface area contributed by atoms with Crippen molar-refractivity contribution < 1.29 is 0 Å². The summed E-state index contributed by atoms with van der Waals surface area (Å²) < 4.78 is 0.895. The maximum absolute atomic E-state index is 5.94. The van der Waals surface area contributed by atoms with Crippen molar-refractivity contribution in [3.63, 3.8) is 0 Å². The largest absolute Gasteiger partial charge is 0.315 e. The summed E-state index contributed by atoms with van der Waals surface area (Å²) >= 11 is 7.64. The highest BCUT2D eigenvalue weighted by Gasteiger charge is 2.19. The molecular formula is C13H22ClNS. The maximum Gasteiger partial charge on any atom is 0.0931 e. The lowest BCUT2D eigenvalue weighted by Gasteiger charge is -2.24. The Balaban J connectivity index is 2.39. The minimum absolute atomic E-state index is 0.343. The Labute approximate surface area is 108 Å². The van der Waals surface area contributed by atoms with E-state index in [2.05, 4.69) is 39.1 Å². The second-order valence-corrected chi connectivity index (χ2v) is 7.21. The zero-order valence-corrected chi connectivity index (χ0v) is 12.2. The minimum Gasteiger partial charge on any atom is -0.315 e. The second kappa shape index (κ2) is 6.04. The van der Waals surface area contributed by atoms with E-state index in [0.717, 1.165) is 17.3 Å². The fourth-order valence-corrected chi connectivity index (χ4v) is 3.05. The second-order valence-electron chi connectivity index (χ2n) is 5.41. The summed E-state index contributed by atoms with van der Waals surface area (Å²) in [5, 5.41) is 3.47. The van der Waals surface area contributed by atoms with Gasteiger partial charge in [-0.15, -0.1) is 11.3 Å². The van der Waals surface area contributed by atoms with E-state index < -0.39 is 0 Å². The van der Waals surface area contributed by atoms with Gasteiger partial charge in [-0.2, -0.15) is 0 Å². The van der Waals surface area contributed by atoms with E-state index in [4.69, 9.17) is 11.6 Å². The third-order valence-electron chi connectivity index (χ3n) is 2.64. The van der Waals surface area contributed by atoms with Crippen LogP contribution in [0.25, 0.3) is 0 Å². The molecule has 0 bridgehead atoms. The van der Waals surface area contributed by atoms with Crippen LogP contribution in [0, 0.1) is 5.41 Å². The quantitative estimate of drug-likeness (QED) is 0.801. The van der Waals surface area contributed by atoms with Gasteiger partial charge in [-0.25, -0.2) is 0 Å². The summed E-state index contributed by atoms with van der Waals surface area (Å²) in [5.74, 6) is 0. The molecule has 0 aliphatic heterocycles. The number of halogens is 1. The number of hydrogen-bond donors (Lipinski definition) is 1. The van der Waals surface area contributed by atoms with Gasteiger partial charge in [0, 0.05) is 10.9 Å². The standard InChI is InChI=1S/C13H22ClNS/c1-10(2)15-8-7-13(3,4)9-11-5-6-12(14)16-11/h5-6,10,15H,7-9H2,1-4H3. The summed E-state index contributed by atoms with van der Waals surface area (Å²) in [7, 11) is 0. The smallest absolute Gasteiger partial charge is 0.0931 e. The van der Waals surface area contributed by atoms with E-state index in [0.29, 0.717) is 11.5 Å². The molecule has 1 aromatic rings. The summed E-state index contributed by atoms with van der Waals surface area (Å²) in [4.78, 5) is 1.39. The van der Waals surface area contributed by atoms with Crippen molar-refractivity contribution in [2.75, 3.05) is 6.54 Å². The van der Waals surface area contributed by atoms with Crippen LogP contribution in [0.2, 0.25) is 4.34 Å². The first-order valence-corrected chi connectivity index (χ1v) is 7.06. The SMILES string of the molecule is CC(C)NCCC(C)(C)Cc1ccc(Cl)s1. The molecule has 1 N–H and O–H groups in total. The van der Waals surface area contributed by atoms with E-state index >= 15 is 0 Å². The Morgan fingerprint density at radius 1 is 1.38 bits per heavy atom. The summed E-state index contributed by atoms with van der Waals surface area (Å²) in [6.07, 6.45) is 2.31. The van der Waals surface area contributed by atoms with Crippen molar-refractivity contribution in [1.29, 1.82) is 0 Å². The lowest BCUT2D eigenvalue weighted by atomic mass is 9.85. The molecule has 0 aliphatic carbocycles.